The molecule has 2 rings (SSSR count). The molecular weight excluding hydrogens is 300 g/mol. The number of rotatable bonds is 3. The summed E-state index contributed by atoms with van der Waals surface area (Å²) >= 11 is 6.18. The molecule has 1 saturated heterocycles. The van der Waals surface area contributed by atoms with Gasteiger partial charge in [0.1, 0.15) is 5.75 Å². The van der Waals surface area contributed by atoms with Gasteiger partial charge in [-0.3, -0.25) is 4.79 Å². The molecule has 22 heavy (non-hydrogen) atoms. The summed E-state index contributed by atoms with van der Waals surface area (Å²) in [4.78, 5) is 16.8. The van der Waals surface area contributed by atoms with Gasteiger partial charge in [-0.1, -0.05) is 11.6 Å². The van der Waals surface area contributed by atoms with Gasteiger partial charge in [-0.2, -0.15) is 0 Å². The Kier molecular flexibility index (Phi) is 5.03. The second-order valence-electron chi connectivity index (χ2n) is 6.58. The van der Waals surface area contributed by atoms with E-state index in [1.54, 1.807) is 0 Å². The van der Waals surface area contributed by atoms with Crippen molar-refractivity contribution in [1.29, 1.82) is 0 Å². The first-order valence-corrected chi connectivity index (χ1v) is 8.02. The number of amides is 1. The summed E-state index contributed by atoms with van der Waals surface area (Å²) in [5.74, 6) is 0.720. The van der Waals surface area contributed by atoms with Crippen molar-refractivity contribution in [3.63, 3.8) is 0 Å². The van der Waals surface area contributed by atoms with E-state index in [9.17, 15) is 4.79 Å². The lowest BCUT2D eigenvalue weighted by molar-refractivity contribution is -0.147. The summed E-state index contributed by atoms with van der Waals surface area (Å²) in [7, 11) is 2.07. The van der Waals surface area contributed by atoms with Crippen LogP contribution in [0.5, 0.6) is 5.75 Å². The van der Waals surface area contributed by atoms with E-state index >= 15 is 0 Å². The summed E-state index contributed by atoms with van der Waals surface area (Å²) in [6.07, 6.45) is 0. The number of hydrogen-bond donors (Lipinski definition) is 0. The van der Waals surface area contributed by atoms with Gasteiger partial charge in [-0.15, -0.1) is 0 Å². The molecule has 1 aliphatic rings. The summed E-state index contributed by atoms with van der Waals surface area (Å²) < 4.78 is 6.00. The van der Waals surface area contributed by atoms with E-state index in [1.165, 1.54) is 0 Å². The number of hydrogen-bond acceptors (Lipinski definition) is 3. The Balaban J connectivity index is 2.11. The van der Waals surface area contributed by atoms with E-state index in [4.69, 9.17) is 16.3 Å². The number of piperazine rings is 1. The van der Waals surface area contributed by atoms with Crippen LogP contribution in [0.3, 0.4) is 0 Å². The van der Waals surface area contributed by atoms with E-state index in [1.807, 2.05) is 44.7 Å². The summed E-state index contributed by atoms with van der Waals surface area (Å²) in [5, 5.41) is 0.746. The third kappa shape index (κ3) is 3.73. The van der Waals surface area contributed by atoms with Crippen molar-refractivity contribution in [2.24, 2.45) is 0 Å². The lowest BCUT2D eigenvalue weighted by Crippen LogP contribution is -2.55. The summed E-state index contributed by atoms with van der Waals surface area (Å²) in [6.45, 7) is 10.8. The second-order valence-corrected chi connectivity index (χ2v) is 6.96. The Hall–Kier alpha value is -1.26. The Morgan fingerprint density at radius 1 is 1.14 bits per heavy atom. The number of carbonyl (C=O) groups is 1. The highest BCUT2D eigenvalue weighted by Gasteiger charge is 2.35. The molecule has 0 saturated carbocycles. The van der Waals surface area contributed by atoms with Crippen LogP contribution in [-0.4, -0.2) is 54.5 Å². The average Bonchev–Trinajstić information content (AvgIpc) is 2.44. The van der Waals surface area contributed by atoms with Crippen LogP contribution in [0.1, 0.15) is 25.0 Å². The minimum Gasteiger partial charge on any atom is -0.478 e. The van der Waals surface area contributed by atoms with Crippen LogP contribution >= 0.6 is 11.6 Å². The van der Waals surface area contributed by atoms with Gasteiger partial charge in [0.15, 0.2) is 5.60 Å². The number of ether oxygens (including phenoxy) is 1. The van der Waals surface area contributed by atoms with Crippen molar-refractivity contribution in [2.75, 3.05) is 33.2 Å². The quantitative estimate of drug-likeness (QED) is 0.857. The van der Waals surface area contributed by atoms with Crippen LogP contribution < -0.4 is 4.74 Å². The molecule has 1 aliphatic heterocycles. The Bertz CT molecular complexity index is 541. The smallest absolute Gasteiger partial charge is 0.266 e. The van der Waals surface area contributed by atoms with E-state index < -0.39 is 5.60 Å². The lowest BCUT2D eigenvalue weighted by atomic mass is 10.1. The van der Waals surface area contributed by atoms with Gasteiger partial charge in [0.05, 0.1) is 0 Å². The molecule has 122 valence electrons. The molecule has 1 aromatic rings. The SMILES string of the molecule is Cc1cc(OC(C)(C)C(=O)N2CCN(C)CC2)cc(C)c1Cl. The molecule has 0 aromatic heterocycles. The molecule has 1 amide bonds. The molecule has 1 aromatic carbocycles. The van der Waals surface area contributed by atoms with Crippen LogP contribution in [0.25, 0.3) is 0 Å². The van der Waals surface area contributed by atoms with Crippen molar-refractivity contribution in [3.05, 3.63) is 28.3 Å². The minimum atomic E-state index is -0.886. The molecule has 0 aliphatic carbocycles. The first kappa shape index (κ1) is 17.1. The Morgan fingerprint density at radius 3 is 2.14 bits per heavy atom. The highest BCUT2D eigenvalue weighted by Crippen LogP contribution is 2.28. The molecule has 5 heteroatoms. The standard InChI is InChI=1S/C17H25ClN2O2/c1-12-10-14(11-13(2)15(12)18)22-17(3,4)16(21)20-8-6-19(5)7-9-20/h10-11H,6-9H2,1-5H3. The van der Waals surface area contributed by atoms with Crippen molar-refractivity contribution in [2.45, 2.75) is 33.3 Å². The largest absolute Gasteiger partial charge is 0.478 e. The van der Waals surface area contributed by atoms with Gasteiger partial charge in [0, 0.05) is 31.2 Å². The van der Waals surface area contributed by atoms with Gasteiger partial charge in [-0.05, 0) is 58.0 Å². The molecule has 1 heterocycles. The van der Waals surface area contributed by atoms with Gasteiger partial charge in [0.2, 0.25) is 0 Å². The van der Waals surface area contributed by atoms with Crippen molar-refractivity contribution in [3.8, 4) is 5.75 Å². The monoisotopic (exact) mass is 324 g/mol. The van der Waals surface area contributed by atoms with Crippen LogP contribution in [-0.2, 0) is 4.79 Å². The predicted octanol–water partition coefficient (Wildman–Crippen LogP) is 2.89. The summed E-state index contributed by atoms with van der Waals surface area (Å²) in [5.41, 5.74) is 1.03. The zero-order valence-corrected chi connectivity index (χ0v) is 14.8. The maximum Gasteiger partial charge on any atom is 0.266 e. The predicted molar refractivity (Wildman–Crippen MR) is 89.7 cm³/mol. The van der Waals surface area contributed by atoms with Crippen molar-refractivity contribution >= 4 is 17.5 Å². The minimum absolute atomic E-state index is 0.0332. The molecule has 4 nitrogen and oxygen atoms in total. The van der Waals surface area contributed by atoms with Gasteiger partial charge < -0.3 is 14.5 Å². The maximum absolute atomic E-state index is 12.7. The highest BCUT2D eigenvalue weighted by molar-refractivity contribution is 6.32. The van der Waals surface area contributed by atoms with Crippen molar-refractivity contribution in [1.82, 2.24) is 9.80 Å². The van der Waals surface area contributed by atoms with Gasteiger partial charge in [-0.25, -0.2) is 0 Å². The molecule has 0 unspecified atom stereocenters. The van der Waals surface area contributed by atoms with Crippen molar-refractivity contribution < 1.29 is 9.53 Å². The fourth-order valence-corrected chi connectivity index (χ4v) is 2.80. The molecule has 0 N–H and O–H groups in total. The van der Waals surface area contributed by atoms with Crippen LogP contribution in [0, 0.1) is 13.8 Å². The zero-order valence-electron chi connectivity index (χ0n) is 14.1. The van der Waals surface area contributed by atoms with Crippen LogP contribution in [0.4, 0.5) is 0 Å². The Morgan fingerprint density at radius 2 is 1.64 bits per heavy atom. The second kappa shape index (κ2) is 6.47. The Labute approximate surface area is 138 Å². The maximum atomic E-state index is 12.7. The molecule has 1 fully saturated rings. The highest BCUT2D eigenvalue weighted by atomic mass is 35.5. The fourth-order valence-electron chi connectivity index (χ4n) is 2.69. The third-order valence-corrected chi connectivity index (χ3v) is 4.68. The summed E-state index contributed by atoms with van der Waals surface area (Å²) in [6, 6.07) is 3.77. The number of carbonyl (C=O) groups excluding carboxylic acids is 1. The van der Waals surface area contributed by atoms with Crippen LogP contribution in [0.15, 0.2) is 12.1 Å². The number of aryl methyl sites for hydroxylation is 2. The fraction of sp³-hybridized carbons (Fsp3) is 0.588. The normalized spacial score (nSPS) is 16.7. The number of nitrogens with zero attached hydrogens (tertiary/aromatic N) is 2. The third-order valence-electron chi connectivity index (χ3n) is 4.09. The van der Waals surface area contributed by atoms with E-state index in [2.05, 4.69) is 11.9 Å². The number of halogens is 1. The first-order valence-electron chi connectivity index (χ1n) is 7.64. The lowest BCUT2D eigenvalue weighted by Gasteiger charge is -2.37. The molecule has 0 spiro atoms. The first-order chi connectivity index (χ1) is 10.2. The molecule has 0 radical (unpaired) electrons. The van der Waals surface area contributed by atoms with E-state index in [0.717, 1.165) is 42.3 Å². The zero-order chi connectivity index (χ0) is 16.5. The molecule has 0 bridgehead atoms. The number of benzene rings is 1. The number of likely N-dealkylation sites (N-methyl/N-ethyl adjacent to an activating group) is 1. The van der Waals surface area contributed by atoms with Crippen LogP contribution in [0.2, 0.25) is 5.02 Å². The molecular formula is C17H25ClN2O2. The molecule has 0 atom stereocenters. The van der Waals surface area contributed by atoms with Gasteiger partial charge >= 0.3 is 0 Å². The topological polar surface area (TPSA) is 32.8 Å². The van der Waals surface area contributed by atoms with E-state index in [0.29, 0.717) is 5.75 Å². The van der Waals surface area contributed by atoms with Gasteiger partial charge in [0.25, 0.3) is 5.91 Å². The van der Waals surface area contributed by atoms with E-state index in [-0.39, 0.29) is 5.91 Å². The average molecular weight is 325 g/mol.